The van der Waals surface area contributed by atoms with Crippen LogP contribution in [-0.4, -0.2) is 56.3 Å². The van der Waals surface area contributed by atoms with Gasteiger partial charge in [-0.15, -0.1) is 0 Å². The summed E-state index contributed by atoms with van der Waals surface area (Å²) in [6.07, 6.45) is 0. The molecule has 2 aromatic carbocycles. The molecule has 0 atom stereocenters. The minimum absolute atomic E-state index is 0.0488. The van der Waals surface area contributed by atoms with Gasteiger partial charge in [0.2, 0.25) is 10.0 Å². The van der Waals surface area contributed by atoms with Gasteiger partial charge in [0, 0.05) is 26.2 Å². The number of benzene rings is 2. The Hall–Kier alpha value is -2.45. The van der Waals surface area contributed by atoms with Crippen molar-refractivity contribution in [3.63, 3.8) is 0 Å². The van der Waals surface area contributed by atoms with E-state index in [-0.39, 0.29) is 49.5 Å². The van der Waals surface area contributed by atoms with E-state index < -0.39 is 15.8 Å². The van der Waals surface area contributed by atoms with Gasteiger partial charge in [-0.3, -0.25) is 4.79 Å². The van der Waals surface area contributed by atoms with Crippen LogP contribution in [0.2, 0.25) is 0 Å². The number of nitrogens with zero attached hydrogens (tertiary/aromatic N) is 2. The summed E-state index contributed by atoms with van der Waals surface area (Å²) in [5, 5.41) is 0. The van der Waals surface area contributed by atoms with Gasteiger partial charge in [0.1, 0.15) is 11.6 Å². The molecule has 162 valence electrons. The van der Waals surface area contributed by atoms with Gasteiger partial charge in [-0.1, -0.05) is 26.0 Å². The Morgan fingerprint density at radius 3 is 2.30 bits per heavy atom. The first-order valence-electron chi connectivity index (χ1n) is 9.95. The average molecular weight is 435 g/mol. The Bertz CT molecular complexity index is 998. The molecular weight excluding hydrogens is 407 g/mol. The first kappa shape index (κ1) is 22.2. The second-order valence-electron chi connectivity index (χ2n) is 7.72. The molecule has 3 rings (SSSR count). The summed E-state index contributed by atoms with van der Waals surface area (Å²) < 4.78 is 45.6. The third-order valence-electron chi connectivity index (χ3n) is 5.18. The number of sulfonamides is 1. The normalized spacial score (nSPS) is 15.4. The number of hydrogen-bond donors (Lipinski definition) is 0. The number of piperazine rings is 1. The van der Waals surface area contributed by atoms with Crippen LogP contribution in [0.5, 0.6) is 5.75 Å². The largest absolute Gasteiger partial charge is 0.483 e. The van der Waals surface area contributed by atoms with E-state index in [4.69, 9.17) is 4.74 Å². The Kier molecular flexibility index (Phi) is 6.77. The molecule has 0 N–H and O–H groups in total. The highest BCUT2D eigenvalue weighted by Gasteiger charge is 2.30. The standard InChI is InChI=1S/C22H27FN2O4S/c1-16(2)20-9-4-17(3)14-21(20)29-15-22(26)24-10-12-25(13-11-24)30(27,28)19-7-5-18(23)6-8-19/h4-9,14,16H,10-13,15H2,1-3H3. The number of carbonyl (C=O) groups excluding carboxylic acids is 1. The molecule has 1 fully saturated rings. The molecule has 1 saturated heterocycles. The summed E-state index contributed by atoms with van der Waals surface area (Å²) in [6, 6.07) is 10.7. The van der Waals surface area contributed by atoms with Gasteiger partial charge in [-0.25, -0.2) is 12.8 Å². The third kappa shape index (κ3) is 4.99. The zero-order valence-corrected chi connectivity index (χ0v) is 18.3. The van der Waals surface area contributed by atoms with Crippen LogP contribution >= 0.6 is 0 Å². The van der Waals surface area contributed by atoms with Gasteiger partial charge >= 0.3 is 0 Å². The lowest BCUT2D eigenvalue weighted by atomic mass is 10.0. The van der Waals surface area contributed by atoms with E-state index in [0.717, 1.165) is 23.3 Å². The molecule has 2 aromatic rings. The molecule has 0 aliphatic carbocycles. The number of halogens is 1. The van der Waals surface area contributed by atoms with Crippen molar-refractivity contribution in [1.82, 2.24) is 9.21 Å². The number of hydrogen-bond acceptors (Lipinski definition) is 4. The molecule has 0 aromatic heterocycles. The number of ether oxygens (including phenoxy) is 1. The highest BCUT2D eigenvalue weighted by atomic mass is 32.2. The van der Waals surface area contributed by atoms with Crippen molar-refractivity contribution in [2.24, 2.45) is 0 Å². The molecule has 1 aliphatic heterocycles. The van der Waals surface area contributed by atoms with Gasteiger partial charge in [-0.2, -0.15) is 4.31 Å². The van der Waals surface area contributed by atoms with E-state index in [9.17, 15) is 17.6 Å². The molecule has 8 heteroatoms. The second-order valence-corrected chi connectivity index (χ2v) is 9.66. The average Bonchev–Trinajstić information content (AvgIpc) is 2.72. The van der Waals surface area contributed by atoms with Crippen molar-refractivity contribution in [2.45, 2.75) is 31.6 Å². The van der Waals surface area contributed by atoms with E-state index in [1.165, 1.54) is 16.4 Å². The Balaban J connectivity index is 1.58. The van der Waals surface area contributed by atoms with Crippen LogP contribution in [-0.2, 0) is 14.8 Å². The minimum atomic E-state index is -3.71. The van der Waals surface area contributed by atoms with Crippen LogP contribution in [0.3, 0.4) is 0 Å². The van der Waals surface area contributed by atoms with Crippen LogP contribution in [0.15, 0.2) is 47.4 Å². The van der Waals surface area contributed by atoms with Crippen LogP contribution in [0.25, 0.3) is 0 Å². The number of rotatable bonds is 6. The highest BCUT2D eigenvalue weighted by Crippen LogP contribution is 2.27. The van der Waals surface area contributed by atoms with Crippen LogP contribution in [0.1, 0.15) is 30.9 Å². The predicted octanol–water partition coefficient (Wildman–Crippen LogP) is 3.17. The number of amides is 1. The van der Waals surface area contributed by atoms with Gasteiger partial charge in [0.15, 0.2) is 6.61 Å². The maximum Gasteiger partial charge on any atom is 0.260 e. The molecule has 1 amide bonds. The first-order valence-corrected chi connectivity index (χ1v) is 11.4. The maximum atomic E-state index is 13.1. The molecule has 0 saturated carbocycles. The van der Waals surface area contributed by atoms with Crippen molar-refractivity contribution in [3.8, 4) is 5.75 Å². The van der Waals surface area contributed by atoms with Crippen molar-refractivity contribution < 1.29 is 22.3 Å². The summed E-state index contributed by atoms with van der Waals surface area (Å²) in [4.78, 5) is 14.3. The smallest absolute Gasteiger partial charge is 0.260 e. The fraction of sp³-hybridized carbons (Fsp3) is 0.409. The highest BCUT2D eigenvalue weighted by molar-refractivity contribution is 7.89. The van der Waals surface area contributed by atoms with E-state index in [1.54, 1.807) is 4.90 Å². The van der Waals surface area contributed by atoms with Crippen LogP contribution in [0.4, 0.5) is 4.39 Å². The molecule has 1 heterocycles. The van der Waals surface area contributed by atoms with E-state index in [2.05, 4.69) is 13.8 Å². The summed E-state index contributed by atoms with van der Waals surface area (Å²) >= 11 is 0. The lowest BCUT2D eigenvalue weighted by Crippen LogP contribution is -2.51. The van der Waals surface area contributed by atoms with Crippen molar-refractivity contribution in [1.29, 1.82) is 0 Å². The second kappa shape index (κ2) is 9.14. The van der Waals surface area contributed by atoms with E-state index in [1.807, 2.05) is 25.1 Å². The van der Waals surface area contributed by atoms with Crippen LogP contribution < -0.4 is 4.74 Å². The molecular formula is C22H27FN2O4S. The Morgan fingerprint density at radius 2 is 1.70 bits per heavy atom. The van der Waals surface area contributed by atoms with Gasteiger partial charge < -0.3 is 9.64 Å². The number of carbonyl (C=O) groups is 1. The molecule has 6 nitrogen and oxygen atoms in total. The quantitative estimate of drug-likeness (QED) is 0.701. The van der Waals surface area contributed by atoms with Gasteiger partial charge in [0.25, 0.3) is 5.91 Å². The fourth-order valence-corrected chi connectivity index (χ4v) is 4.83. The molecule has 0 spiro atoms. The van der Waals surface area contributed by atoms with Crippen molar-refractivity contribution in [3.05, 3.63) is 59.4 Å². The zero-order chi connectivity index (χ0) is 21.9. The minimum Gasteiger partial charge on any atom is -0.483 e. The first-order chi connectivity index (χ1) is 14.2. The summed E-state index contributed by atoms with van der Waals surface area (Å²) in [7, 11) is -3.71. The molecule has 0 radical (unpaired) electrons. The Morgan fingerprint density at radius 1 is 1.07 bits per heavy atom. The summed E-state index contributed by atoms with van der Waals surface area (Å²) in [5.74, 6) is 0.315. The SMILES string of the molecule is Cc1ccc(C(C)C)c(OCC(=O)N2CCN(S(=O)(=O)c3ccc(F)cc3)CC2)c1. The fourth-order valence-electron chi connectivity index (χ4n) is 3.41. The zero-order valence-electron chi connectivity index (χ0n) is 17.5. The maximum absolute atomic E-state index is 13.1. The van der Waals surface area contributed by atoms with Crippen LogP contribution in [0, 0.1) is 12.7 Å². The van der Waals surface area contributed by atoms with Gasteiger partial charge in [-0.05, 0) is 54.3 Å². The lowest BCUT2D eigenvalue weighted by molar-refractivity contribution is -0.134. The van der Waals surface area contributed by atoms with E-state index in [0.29, 0.717) is 5.75 Å². The molecule has 0 unspecified atom stereocenters. The lowest BCUT2D eigenvalue weighted by Gasteiger charge is -2.34. The molecule has 30 heavy (non-hydrogen) atoms. The van der Waals surface area contributed by atoms with E-state index >= 15 is 0 Å². The van der Waals surface area contributed by atoms with Crippen molar-refractivity contribution in [2.75, 3.05) is 32.8 Å². The molecule has 0 bridgehead atoms. The topological polar surface area (TPSA) is 66.9 Å². The monoisotopic (exact) mass is 434 g/mol. The third-order valence-corrected chi connectivity index (χ3v) is 7.10. The van der Waals surface area contributed by atoms with Crippen molar-refractivity contribution >= 4 is 15.9 Å². The summed E-state index contributed by atoms with van der Waals surface area (Å²) in [5.41, 5.74) is 2.10. The summed E-state index contributed by atoms with van der Waals surface area (Å²) in [6.45, 7) is 6.97. The van der Waals surface area contributed by atoms with Gasteiger partial charge in [0.05, 0.1) is 4.90 Å². The number of aryl methyl sites for hydroxylation is 1. The Labute approximate surface area is 177 Å². The molecule has 1 aliphatic rings. The predicted molar refractivity (Wildman–Crippen MR) is 113 cm³/mol.